The maximum atomic E-state index is 4.84. The number of aryl methyl sites for hydroxylation is 1. The molecule has 3 aromatic rings. The van der Waals surface area contributed by atoms with Crippen LogP contribution in [-0.4, -0.2) is 19.9 Å². The number of benzene rings is 1. The fourth-order valence-electron chi connectivity index (χ4n) is 2.37. The Kier molecular flexibility index (Phi) is 2.55. The summed E-state index contributed by atoms with van der Waals surface area (Å²) in [6.07, 6.45) is 2.60. The Balaban J connectivity index is 2.36. The minimum absolute atomic E-state index is 0.00940. The van der Waals surface area contributed by atoms with E-state index in [4.69, 9.17) is 9.97 Å². The van der Waals surface area contributed by atoms with Gasteiger partial charge in [0.2, 0.25) is 0 Å². The summed E-state index contributed by atoms with van der Waals surface area (Å²) in [4.78, 5) is 17.0. The van der Waals surface area contributed by atoms with Crippen LogP contribution >= 0.6 is 0 Å². The van der Waals surface area contributed by atoms with Gasteiger partial charge >= 0.3 is 0 Å². The monoisotopic (exact) mass is 254 g/mol. The first-order chi connectivity index (χ1) is 8.99. The number of H-pyrrole nitrogens is 1. The van der Waals surface area contributed by atoms with Gasteiger partial charge in [0, 0.05) is 5.41 Å². The van der Waals surface area contributed by atoms with Gasteiger partial charge in [-0.2, -0.15) is 0 Å². The Hall–Kier alpha value is -1.97. The summed E-state index contributed by atoms with van der Waals surface area (Å²) in [5.74, 6) is 0. The van der Waals surface area contributed by atoms with Gasteiger partial charge in [-0.05, 0) is 18.6 Å². The molecule has 3 rings (SSSR count). The van der Waals surface area contributed by atoms with Crippen molar-refractivity contribution in [3.8, 4) is 0 Å². The van der Waals surface area contributed by atoms with E-state index in [1.807, 2.05) is 12.1 Å². The van der Waals surface area contributed by atoms with Crippen LogP contribution in [0.1, 0.15) is 39.1 Å². The highest BCUT2D eigenvalue weighted by Gasteiger charge is 2.21. The molecule has 98 valence electrons. The third-order valence-corrected chi connectivity index (χ3v) is 3.32. The first-order valence-electron chi connectivity index (χ1n) is 6.63. The Bertz CT molecular complexity index is 750. The molecule has 0 spiro atoms. The average Bonchev–Trinajstić information content (AvgIpc) is 2.80. The standard InChI is InChI=1S/C15H18N4/c1-5-9-14(15(2,3)4)19-13-7-11-10(16-8-17-11)6-12(13)18-9/h6-8H,5H2,1-4H3,(H,16,17). The highest BCUT2D eigenvalue weighted by Crippen LogP contribution is 2.26. The smallest absolute Gasteiger partial charge is 0.0931 e. The molecule has 0 amide bonds. The topological polar surface area (TPSA) is 54.5 Å². The third kappa shape index (κ3) is 1.97. The van der Waals surface area contributed by atoms with Crippen LogP contribution < -0.4 is 0 Å². The zero-order valence-electron chi connectivity index (χ0n) is 11.8. The highest BCUT2D eigenvalue weighted by atomic mass is 14.9. The van der Waals surface area contributed by atoms with Crippen LogP contribution in [0.5, 0.6) is 0 Å². The predicted molar refractivity (Wildman–Crippen MR) is 77.3 cm³/mol. The molecule has 0 atom stereocenters. The van der Waals surface area contributed by atoms with Crippen molar-refractivity contribution in [2.75, 3.05) is 0 Å². The van der Waals surface area contributed by atoms with E-state index in [1.165, 1.54) is 0 Å². The van der Waals surface area contributed by atoms with Gasteiger partial charge in [-0.15, -0.1) is 0 Å². The number of aromatic amines is 1. The largest absolute Gasteiger partial charge is 0.345 e. The van der Waals surface area contributed by atoms with E-state index in [9.17, 15) is 0 Å². The molecule has 0 aliphatic carbocycles. The van der Waals surface area contributed by atoms with Crippen LogP contribution in [0.2, 0.25) is 0 Å². The van der Waals surface area contributed by atoms with Crippen molar-refractivity contribution in [2.45, 2.75) is 39.5 Å². The molecular weight excluding hydrogens is 236 g/mol. The van der Waals surface area contributed by atoms with Crippen molar-refractivity contribution in [1.82, 2.24) is 19.9 Å². The molecule has 0 unspecified atom stereocenters. The predicted octanol–water partition coefficient (Wildman–Crippen LogP) is 3.37. The summed E-state index contributed by atoms with van der Waals surface area (Å²) in [5, 5.41) is 0. The fraction of sp³-hybridized carbons (Fsp3) is 0.400. The lowest BCUT2D eigenvalue weighted by Gasteiger charge is -2.21. The van der Waals surface area contributed by atoms with Crippen LogP contribution in [0, 0.1) is 0 Å². The second-order valence-corrected chi connectivity index (χ2v) is 5.88. The molecule has 0 bridgehead atoms. The summed E-state index contributed by atoms with van der Waals surface area (Å²) in [7, 11) is 0. The lowest BCUT2D eigenvalue weighted by atomic mass is 9.89. The van der Waals surface area contributed by atoms with Crippen molar-refractivity contribution in [3.63, 3.8) is 0 Å². The van der Waals surface area contributed by atoms with Crippen LogP contribution in [0.25, 0.3) is 22.1 Å². The van der Waals surface area contributed by atoms with E-state index < -0.39 is 0 Å². The van der Waals surface area contributed by atoms with Gasteiger partial charge in [-0.1, -0.05) is 27.7 Å². The fourth-order valence-corrected chi connectivity index (χ4v) is 2.37. The van der Waals surface area contributed by atoms with Gasteiger partial charge < -0.3 is 4.98 Å². The van der Waals surface area contributed by atoms with Crippen molar-refractivity contribution in [3.05, 3.63) is 29.8 Å². The Morgan fingerprint density at radius 1 is 1.05 bits per heavy atom. The molecule has 2 heterocycles. The second kappa shape index (κ2) is 4.02. The van der Waals surface area contributed by atoms with E-state index in [2.05, 4.69) is 37.7 Å². The normalized spacial score (nSPS) is 12.4. The number of nitrogens with zero attached hydrogens (tertiary/aromatic N) is 3. The zero-order valence-corrected chi connectivity index (χ0v) is 11.8. The van der Waals surface area contributed by atoms with Gasteiger partial charge in [0.05, 0.1) is 39.8 Å². The first kappa shape index (κ1) is 12.1. The molecule has 4 heteroatoms. The number of rotatable bonds is 1. The Morgan fingerprint density at radius 3 is 2.47 bits per heavy atom. The third-order valence-electron chi connectivity index (χ3n) is 3.32. The summed E-state index contributed by atoms with van der Waals surface area (Å²) in [6.45, 7) is 8.66. The van der Waals surface area contributed by atoms with Gasteiger partial charge in [-0.3, -0.25) is 0 Å². The van der Waals surface area contributed by atoms with Crippen LogP contribution in [-0.2, 0) is 11.8 Å². The minimum Gasteiger partial charge on any atom is -0.345 e. The first-order valence-corrected chi connectivity index (χ1v) is 6.63. The number of hydrogen-bond donors (Lipinski definition) is 1. The molecule has 0 radical (unpaired) electrons. The van der Waals surface area contributed by atoms with Gasteiger partial charge in [0.25, 0.3) is 0 Å². The molecule has 0 saturated heterocycles. The van der Waals surface area contributed by atoms with Gasteiger partial charge in [0.1, 0.15) is 0 Å². The summed E-state index contributed by atoms with van der Waals surface area (Å²) in [6, 6.07) is 4.03. The lowest BCUT2D eigenvalue weighted by molar-refractivity contribution is 0.559. The molecule has 4 nitrogen and oxygen atoms in total. The van der Waals surface area contributed by atoms with E-state index in [0.717, 1.165) is 39.9 Å². The molecule has 2 aromatic heterocycles. The SMILES string of the molecule is CCc1nc2cc3nc[nH]c3cc2nc1C(C)(C)C. The second-order valence-electron chi connectivity index (χ2n) is 5.88. The molecule has 0 aliphatic rings. The molecule has 1 aromatic carbocycles. The maximum absolute atomic E-state index is 4.84. The zero-order chi connectivity index (χ0) is 13.6. The molecular formula is C15H18N4. The number of hydrogen-bond acceptors (Lipinski definition) is 3. The summed E-state index contributed by atoms with van der Waals surface area (Å²) >= 11 is 0. The van der Waals surface area contributed by atoms with Crippen molar-refractivity contribution in [2.24, 2.45) is 0 Å². The lowest BCUT2D eigenvalue weighted by Crippen LogP contribution is -2.17. The van der Waals surface area contributed by atoms with E-state index in [0.29, 0.717) is 0 Å². The highest BCUT2D eigenvalue weighted by molar-refractivity contribution is 5.90. The van der Waals surface area contributed by atoms with E-state index in [-0.39, 0.29) is 5.41 Å². The number of aromatic nitrogens is 4. The van der Waals surface area contributed by atoms with Crippen LogP contribution in [0.3, 0.4) is 0 Å². The Morgan fingerprint density at radius 2 is 1.79 bits per heavy atom. The summed E-state index contributed by atoms with van der Waals surface area (Å²) < 4.78 is 0. The van der Waals surface area contributed by atoms with Crippen molar-refractivity contribution < 1.29 is 0 Å². The molecule has 19 heavy (non-hydrogen) atoms. The Labute approximate surface area is 112 Å². The van der Waals surface area contributed by atoms with Gasteiger partial charge in [-0.25, -0.2) is 15.0 Å². The van der Waals surface area contributed by atoms with E-state index >= 15 is 0 Å². The van der Waals surface area contributed by atoms with Gasteiger partial charge in [0.15, 0.2) is 0 Å². The van der Waals surface area contributed by atoms with Crippen molar-refractivity contribution in [1.29, 1.82) is 0 Å². The number of nitrogens with one attached hydrogen (secondary N) is 1. The average molecular weight is 254 g/mol. The maximum Gasteiger partial charge on any atom is 0.0931 e. The van der Waals surface area contributed by atoms with Crippen molar-refractivity contribution >= 4 is 22.1 Å². The summed E-state index contributed by atoms with van der Waals surface area (Å²) in [5.41, 5.74) is 5.97. The molecule has 0 saturated carbocycles. The van der Waals surface area contributed by atoms with Crippen LogP contribution in [0.4, 0.5) is 0 Å². The van der Waals surface area contributed by atoms with Crippen LogP contribution in [0.15, 0.2) is 18.5 Å². The minimum atomic E-state index is 0.00940. The molecule has 0 aliphatic heterocycles. The number of imidazole rings is 1. The number of fused-ring (bicyclic) bond motifs is 2. The molecule has 1 N–H and O–H groups in total. The molecule has 0 fully saturated rings. The quantitative estimate of drug-likeness (QED) is 0.724. The van der Waals surface area contributed by atoms with E-state index in [1.54, 1.807) is 6.33 Å².